The maximum atomic E-state index is 12.8. The Labute approximate surface area is 392 Å². The Balaban J connectivity index is 2.47. The van der Waals surface area contributed by atoms with Crippen LogP contribution in [-0.4, -0.2) is 98.3 Å². The number of allylic oxidation sites excluding steroid dienone is 10. The molecule has 0 aliphatic heterocycles. The summed E-state index contributed by atoms with van der Waals surface area (Å²) in [4.78, 5) is 35.8. The molecule has 0 spiro atoms. The van der Waals surface area contributed by atoms with Crippen molar-refractivity contribution in [3.63, 3.8) is 0 Å². The van der Waals surface area contributed by atoms with Crippen molar-refractivity contribution in [3.05, 3.63) is 60.8 Å². The van der Waals surface area contributed by atoms with Gasteiger partial charge in [0.05, 0.1) is 6.61 Å². The van der Waals surface area contributed by atoms with E-state index in [1.807, 2.05) is 12.2 Å². The van der Waals surface area contributed by atoms with Crippen molar-refractivity contribution in [2.45, 2.75) is 236 Å². The normalized spacial score (nSPS) is 21.9. The van der Waals surface area contributed by atoms with Crippen molar-refractivity contribution in [2.75, 3.05) is 13.2 Å². The Morgan fingerprint density at radius 1 is 0.477 bits per heavy atom. The highest BCUT2D eigenvalue weighted by Gasteiger charge is 2.51. The average molecular weight is 941 g/mol. The van der Waals surface area contributed by atoms with Crippen LogP contribution < -0.4 is 0 Å². The maximum Gasteiger partial charge on any atom is 0.472 e. The third-order valence-corrected chi connectivity index (χ3v) is 12.3. The van der Waals surface area contributed by atoms with Gasteiger partial charge in [0.15, 0.2) is 6.10 Å². The summed E-state index contributed by atoms with van der Waals surface area (Å²) in [6.07, 6.45) is 37.0. The molecule has 0 aromatic heterocycles. The zero-order valence-electron chi connectivity index (χ0n) is 40.0. The van der Waals surface area contributed by atoms with Crippen molar-refractivity contribution >= 4 is 19.8 Å². The second kappa shape index (κ2) is 40.6. The largest absolute Gasteiger partial charge is 0.472 e. The zero-order chi connectivity index (χ0) is 47.8. The molecule has 65 heavy (non-hydrogen) atoms. The van der Waals surface area contributed by atoms with Gasteiger partial charge >= 0.3 is 19.8 Å². The van der Waals surface area contributed by atoms with Crippen LogP contribution in [0.5, 0.6) is 0 Å². The van der Waals surface area contributed by atoms with Gasteiger partial charge in [-0.2, -0.15) is 0 Å². The van der Waals surface area contributed by atoms with Crippen LogP contribution in [0.2, 0.25) is 0 Å². The Bertz CT molecular complexity index is 1370. The van der Waals surface area contributed by atoms with Crippen molar-refractivity contribution in [1.29, 1.82) is 0 Å². The number of carbonyl (C=O) groups excluding carboxylic acids is 2. The summed E-state index contributed by atoms with van der Waals surface area (Å²) in [6.45, 7) is 3.24. The van der Waals surface area contributed by atoms with E-state index in [2.05, 4.69) is 62.5 Å². The monoisotopic (exact) mass is 941 g/mol. The molecule has 0 aromatic rings. The number of unbranched alkanes of at least 4 members (excludes halogenated alkanes) is 19. The fourth-order valence-corrected chi connectivity index (χ4v) is 8.25. The standard InChI is InChI=1S/C51H89O13P/c1-3-5-7-9-11-13-15-17-19-20-21-22-23-24-26-28-30-32-34-36-38-40-45(53)63-43(42-62-65(59,60)64-51-49(57)47(55)46(54)48(56)50(51)58)41-61-44(52)39-37-35-33-31-29-27-25-18-16-14-12-10-8-6-4-2/h14,16,19-20,22-23,26,28,32,34,43,46-51,54-58H,3-13,15,17-18,21,24-25,27,29-31,33,35-42H2,1-2H3,(H,59,60)/b16-14+,20-19+,23-22+,28-26+,34-32+/t43-,46?,47-,48?,49?,50?,51?/m1/s1. The molecular weight excluding hydrogens is 852 g/mol. The highest BCUT2D eigenvalue weighted by atomic mass is 31.2. The lowest BCUT2D eigenvalue weighted by atomic mass is 9.85. The molecule has 13 nitrogen and oxygen atoms in total. The van der Waals surface area contributed by atoms with E-state index >= 15 is 0 Å². The fraction of sp³-hybridized carbons (Fsp3) is 0.765. The molecule has 0 amide bonds. The highest BCUT2D eigenvalue weighted by molar-refractivity contribution is 7.47. The van der Waals surface area contributed by atoms with Crippen LogP contribution in [0.1, 0.15) is 194 Å². The van der Waals surface area contributed by atoms with Crippen LogP contribution in [0.25, 0.3) is 0 Å². The number of phosphoric ester groups is 1. The molecule has 1 rings (SSSR count). The number of esters is 2. The van der Waals surface area contributed by atoms with E-state index in [0.717, 1.165) is 57.8 Å². The lowest BCUT2D eigenvalue weighted by molar-refractivity contribution is -0.220. The summed E-state index contributed by atoms with van der Waals surface area (Å²) in [6, 6.07) is 0. The number of hydrogen-bond acceptors (Lipinski definition) is 12. The topological polar surface area (TPSA) is 210 Å². The lowest BCUT2D eigenvalue weighted by Gasteiger charge is -2.41. The van der Waals surface area contributed by atoms with Crippen LogP contribution in [0.4, 0.5) is 0 Å². The number of rotatable bonds is 41. The second-order valence-corrected chi connectivity index (χ2v) is 18.7. The van der Waals surface area contributed by atoms with Crippen molar-refractivity contribution in [1.82, 2.24) is 0 Å². The molecule has 1 aliphatic rings. The molecule has 1 saturated carbocycles. The van der Waals surface area contributed by atoms with Gasteiger partial charge in [-0.3, -0.25) is 18.6 Å². The fourth-order valence-electron chi connectivity index (χ4n) is 7.27. The van der Waals surface area contributed by atoms with Gasteiger partial charge < -0.3 is 39.9 Å². The first-order valence-electron chi connectivity index (χ1n) is 25.1. The van der Waals surface area contributed by atoms with E-state index in [1.165, 1.54) is 89.9 Å². The summed E-state index contributed by atoms with van der Waals surface area (Å²) < 4.78 is 33.5. The zero-order valence-corrected chi connectivity index (χ0v) is 40.9. The van der Waals surface area contributed by atoms with Crippen LogP contribution in [0, 0.1) is 0 Å². The molecule has 0 saturated heterocycles. The van der Waals surface area contributed by atoms with Crippen LogP contribution in [0.3, 0.4) is 0 Å². The van der Waals surface area contributed by atoms with Gasteiger partial charge in [-0.25, -0.2) is 4.57 Å². The smallest absolute Gasteiger partial charge is 0.462 e. The number of aliphatic hydroxyl groups excluding tert-OH is 5. The summed E-state index contributed by atoms with van der Waals surface area (Å²) in [5.74, 6) is -1.17. The molecule has 1 fully saturated rings. The third-order valence-electron chi connectivity index (χ3n) is 11.3. The van der Waals surface area contributed by atoms with E-state index in [0.29, 0.717) is 19.3 Å². The van der Waals surface area contributed by atoms with E-state index in [4.69, 9.17) is 18.5 Å². The molecule has 0 bridgehead atoms. The maximum absolute atomic E-state index is 12.8. The number of ether oxygens (including phenoxy) is 2. The van der Waals surface area contributed by atoms with Crippen LogP contribution in [-0.2, 0) is 32.7 Å². The number of carbonyl (C=O) groups is 2. The summed E-state index contributed by atoms with van der Waals surface area (Å²) >= 11 is 0. The molecule has 14 heteroatoms. The number of hydrogen-bond donors (Lipinski definition) is 6. The quantitative estimate of drug-likeness (QED) is 0.0146. The molecule has 0 aromatic carbocycles. The predicted molar refractivity (Wildman–Crippen MR) is 258 cm³/mol. The minimum absolute atomic E-state index is 0.0184. The Morgan fingerprint density at radius 3 is 1.34 bits per heavy atom. The van der Waals surface area contributed by atoms with E-state index in [-0.39, 0.29) is 12.8 Å². The first-order valence-corrected chi connectivity index (χ1v) is 26.6. The van der Waals surface area contributed by atoms with Gasteiger partial charge in [-0.05, 0) is 77.0 Å². The van der Waals surface area contributed by atoms with E-state index in [9.17, 15) is 44.6 Å². The van der Waals surface area contributed by atoms with Gasteiger partial charge in [-0.15, -0.1) is 0 Å². The van der Waals surface area contributed by atoms with Gasteiger partial charge in [0.1, 0.15) is 43.2 Å². The summed E-state index contributed by atoms with van der Waals surface area (Å²) in [5.41, 5.74) is 0. The van der Waals surface area contributed by atoms with Crippen molar-refractivity contribution < 1.29 is 63.1 Å². The number of aliphatic hydroxyl groups is 5. The molecule has 0 heterocycles. The molecular formula is C51H89O13P. The molecule has 8 atom stereocenters. The first kappa shape index (κ1) is 60.6. The molecule has 1 aliphatic carbocycles. The average Bonchev–Trinajstić information content (AvgIpc) is 3.29. The summed E-state index contributed by atoms with van der Waals surface area (Å²) in [7, 11) is -5.14. The Hall–Kier alpha value is -2.45. The van der Waals surface area contributed by atoms with Crippen molar-refractivity contribution in [3.8, 4) is 0 Å². The van der Waals surface area contributed by atoms with Crippen molar-refractivity contribution in [2.24, 2.45) is 0 Å². The van der Waals surface area contributed by atoms with Gasteiger partial charge in [0.2, 0.25) is 0 Å². The van der Waals surface area contributed by atoms with Gasteiger partial charge in [0, 0.05) is 12.8 Å². The number of phosphoric acid groups is 1. The van der Waals surface area contributed by atoms with Crippen LogP contribution >= 0.6 is 7.82 Å². The minimum atomic E-state index is -5.14. The predicted octanol–water partition coefficient (Wildman–Crippen LogP) is 10.5. The molecule has 0 radical (unpaired) electrons. The first-order chi connectivity index (χ1) is 31.4. The molecule has 6 unspecified atom stereocenters. The minimum Gasteiger partial charge on any atom is -0.462 e. The highest BCUT2D eigenvalue weighted by Crippen LogP contribution is 2.47. The van der Waals surface area contributed by atoms with E-state index < -0.39 is 75.7 Å². The second-order valence-electron chi connectivity index (χ2n) is 17.3. The molecule has 6 N–H and O–H groups in total. The Morgan fingerprint density at radius 2 is 0.846 bits per heavy atom. The lowest BCUT2D eigenvalue weighted by Crippen LogP contribution is -2.64. The summed E-state index contributed by atoms with van der Waals surface area (Å²) in [5, 5.41) is 50.2. The molecule has 376 valence electrons. The third kappa shape index (κ3) is 32.8. The SMILES string of the molecule is CCCCCC/C=C/CCCCCCCCCC(=O)OC[C@H](COP(=O)(O)OC1C(O)C(O)C(O)[C@@H](O)C1O)OC(=O)CCC/C=C/C/C=C/C/C=C/C/C=C/CCCCCCCCC. The van der Waals surface area contributed by atoms with E-state index in [1.54, 1.807) is 0 Å². The Kier molecular flexibility index (Phi) is 37.8. The van der Waals surface area contributed by atoms with Crippen LogP contribution in [0.15, 0.2) is 60.8 Å². The van der Waals surface area contributed by atoms with Gasteiger partial charge in [0.25, 0.3) is 0 Å². The van der Waals surface area contributed by atoms with Gasteiger partial charge in [-0.1, -0.05) is 164 Å².